The van der Waals surface area contributed by atoms with Crippen LogP contribution in [-0.2, 0) is 0 Å². The van der Waals surface area contributed by atoms with Gasteiger partial charge in [0.15, 0.2) is 6.29 Å². The fourth-order valence-electron chi connectivity index (χ4n) is 2.39. The van der Waals surface area contributed by atoms with Gasteiger partial charge in [-0.3, -0.25) is 4.79 Å². The van der Waals surface area contributed by atoms with Crippen molar-refractivity contribution in [2.24, 2.45) is 0 Å². The highest BCUT2D eigenvalue weighted by Crippen LogP contribution is 2.28. The van der Waals surface area contributed by atoms with Crippen molar-refractivity contribution in [2.45, 2.75) is 38.1 Å². The summed E-state index contributed by atoms with van der Waals surface area (Å²) in [5, 5.41) is 0.229. The van der Waals surface area contributed by atoms with E-state index in [1.54, 1.807) is 0 Å². The Morgan fingerprint density at radius 3 is 2.71 bits per heavy atom. The van der Waals surface area contributed by atoms with Crippen LogP contribution in [0.15, 0.2) is 6.33 Å². The highest BCUT2D eigenvalue weighted by Gasteiger charge is 2.22. The van der Waals surface area contributed by atoms with Crippen LogP contribution in [0.25, 0.3) is 0 Å². The van der Waals surface area contributed by atoms with E-state index in [0.717, 1.165) is 19.1 Å². The van der Waals surface area contributed by atoms with Gasteiger partial charge >= 0.3 is 0 Å². The highest BCUT2D eigenvalue weighted by atomic mass is 35.5. The van der Waals surface area contributed by atoms with E-state index >= 15 is 0 Å². The summed E-state index contributed by atoms with van der Waals surface area (Å²) in [6.07, 6.45) is 8.22. The van der Waals surface area contributed by atoms with Crippen LogP contribution in [0.4, 0.5) is 5.82 Å². The predicted octanol–water partition coefficient (Wildman–Crippen LogP) is 2.71. The molecule has 1 aromatic heterocycles. The zero-order chi connectivity index (χ0) is 12.3. The van der Waals surface area contributed by atoms with Gasteiger partial charge in [-0.1, -0.05) is 30.9 Å². The van der Waals surface area contributed by atoms with Gasteiger partial charge in [0.2, 0.25) is 0 Å². The zero-order valence-electron chi connectivity index (χ0n) is 9.90. The lowest BCUT2D eigenvalue weighted by Gasteiger charge is -2.32. The summed E-state index contributed by atoms with van der Waals surface area (Å²) in [6, 6.07) is 0.452. The maximum atomic E-state index is 11.0. The van der Waals surface area contributed by atoms with E-state index in [0.29, 0.717) is 17.4 Å². The van der Waals surface area contributed by atoms with Crippen molar-refractivity contribution in [3.63, 3.8) is 0 Å². The molecule has 1 aliphatic carbocycles. The van der Waals surface area contributed by atoms with Gasteiger partial charge < -0.3 is 4.90 Å². The molecule has 0 saturated heterocycles. The Hall–Kier alpha value is -1.16. The van der Waals surface area contributed by atoms with Gasteiger partial charge in [0.25, 0.3) is 0 Å². The molecule has 0 spiro atoms. The first-order chi connectivity index (χ1) is 8.24. The van der Waals surface area contributed by atoms with Gasteiger partial charge in [0.1, 0.15) is 17.3 Å². The first-order valence-electron chi connectivity index (χ1n) is 5.92. The van der Waals surface area contributed by atoms with E-state index < -0.39 is 0 Å². The Balaban J connectivity index is 2.26. The molecule has 2 rings (SSSR count). The molecule has 4 nitrogen and oxygen atoms in total. The first-order valence-corrected chi connectivity index (χ1v) is 6.30. The third-order valence-electron chi connectivity index (χ3n) is 3.39. The van der Waals surface area contributed by atoms with Crippen molar-refractivity contribution in [3.8, 4) is 0 Å². The topological polar surface area (TPSA) is 46.1 Å². The summed E-state index contributed by atoms with van der Waals surface area (Å²) in [7, 11) is 1.97. The molecule has 0 bridgehead atoms. The SMILES string of the molecule is CN(c1ncnc(Cl)c1C=O)C1CCCCC1. The van der Waals surface area contributed by atoms with Crippen molar-refractivity contribution >= 4 is 23.7 Å². The first kappa shape index (κ1) is 12.3. The van der Waals surface area contributed by atoms with E-state index in [-0.39, 0.29) is 5.15 Å². The van der Waals surface area contributed by atoms with Crippen molar-refractivity contribution in [1.82, 2.24) is 9.97 Å². The minimum atomic E-state index is 0.229. The predicted molar refractivity (Wildman–Crippen MR) is 67.7 cm³/mol. The average molecular weight is 254 g/mol. The molecule has 0 N–H and O–H groups in total. The molecule has 1 fully saturated rings. The molecule has 1 heterocycles. The van der Waals surface area contributed by atoms with Crippen molar-refractivity contribution in [2.75, 3.05) is 11.9 Å². The molecule has 1 aromatic rings. The molecule has 0 unspecified atom stereocenters. The van der Waals surface area contributed by atoms with E-state index in [1.807, 2.05) is 7.05 Å². The number of hydrogen-bond donors (Lipinski definition) is 0. The van der Waals surface area contributed by atoms with E-state index in [4.69, 9.17) is 11.6 Å². The third kappa shape index (κ3) is 2.57. The zero-order valence-corrected chi connectivity index (χ0v) is 10.7. The summed E-state index contributed by atoms with van der Waals surface area (Å²) in [5.74, 6) is 0.645. The minimum Gasteiger partial charge on any atom is -0.356 e. The number of hydrogen-bond acceptors (Lipinski definition) is 4. The molecule has 92 valence electrons. The van der Waals surface area contributed by atoms with Crippen LogP contribution >= 0.6 is 11.6 Å². The Bertz CT molecular complexity index is 405. The number of aldehydes is 1. The molecule has 5 heteroatoms. The van der Waals surface area contributed by atoms with Crippen LogP contribution in [0.1, 0.15) is 42.5 Å². The Morgan fingerprint density at radius 1 is 1.35 bits per heavy atom. The van der Waals surface area contributed by atoms with E-state index in [9.17, 15) is 4.79 Å². The molecule has 0 radical (unpaired) electrons. The maximum absolute atomic E-state index is 11.0. The molecule has 1 saturated carbocycles. The Morgan fingerprint density at radius 2 is 2.06 bits per heavy atom. The monoisotopic (exact) mass is 253 g/mol. The molecule has 0 atom stereocenters. The molecule has 0 aliphatic heterocycles. The lowest BCUT2D eigenvalue weighted by atomic mass is 9.94. The molecule has 1 aliphatic rings. The number of carbonyl (C=O) groups excluding carboxylic acids is 1. The maximum Gasteiger partial charge on any atom is 0.156 e. The van der Waals surface area contributed by atoms with Gasteiger partial charge in [-0.05, 0) is 12.8 Å². The standard InChI is InChI=1S/C12H16ClN3O/c1-16(9-5-3-2-4-6-9)12-10(7-17)11(13)14-8-15-12/h7-9H,2-6H2,1H3. The highest BCUT2D eigenvalue weighted by molar-refractivity contribution is 6.32. The van der Waals surface area contributed by atoms with Crippen LogP contribution < -0.4 is 4.90 Å². The van der Waals surface area contributed by atoms with Gasteiger partial charge in [-0.15, -0.1) is 0 Å². The second-order valence-corrected chi connectivity index (χ2v) is 4.78. The fraction of sp³-hybridized carbons (Fsp3) is 0.583. The van der Waals surface area contributed by atoms with Crippen molar-refractivity contribution < 1.29 is 4.79 Å². The summed E-state index contributed by atoms with van der Waals surface area (Å²) in [6.45, 7) is 0. The van der Waals surface area contributed by atoms with Crippen LogP contribution in [0, 0.1) is 0 Å². The smallest absolute Gasteiger partial charge is 0.156 e. The minimum absolute atomic E-state index is 0.229. The Kier molecular flexibility index (Phi) is 3.94. The van der Waals surface area contributed by atoms with Crippen molar-refractivity contribution in [3.05, 3.63) is 17.0 Å². The number of anilines is 1. The summed E-state index contributed by atoms with van der Waals surface area (Å²) < 4.78 is 0. The lowest BCUT2D eigenvalue weighted by Crippen LogP contribution is -2.34. The number of aromatic nitrogens is 2. The van der Waals surface area contributed by atoms with Gasteiger partial charge in [0.05, 0.1) is 5.56 Å². The molecule has 0 aromatic carbocycles. The van der Waals surface area contributed by atoms with Gasteiger partial charge in [-0.2, -0.15) is 0 Å². The second-order valence-electron chi connectivity index (χ2n) is 4.42. The molecular weight excluding hydrogens is 238 g/mol. The van der Waals surface area contributed by atoms with E-state index in [1.165, 1.54) is 25.6 Å². The van der Waals surface area contributed by atoms with Gasteiger partial charge in [0, 0.05) is 13.1 Å². The summed E-state index contributed by atoms with van der Waals surface area (Å²) in [5.41, 5.74) is 0.391. The van der Waals surface area contributed by atoms with E-state index in [2.05, 4.69) is 14.9 Å². The van der Waals surface area contributed by atoms with Gasteiger partial charge in [-0.25, -0.2) is 9.97 Å². The fourth-order valence-corrected chi connectivity index (χ4v) is 2.56. The summed E-state index contributed by atoms with van der Waals surface area (Å²) >= 11 is 5.90. The normalized spacial score (nSPS) is 16.8. The van der Waals surface area contributed by atoms with Crippen molar-refractivity contribution in [1.29, 1.82) is 0 Å². The van der Waals surface area contributed by atoms with Crippen LogP contribution in [0.3, 0.4) is 0 Å². The van der Waals surface area contributed by atoms with Crippen LogP contribution in [-0.4, -0.2) is 29.3 Å². The molecule has 17 heavy (non-hydrogen) atoms. The van der Waals surface area contributed by atoms with Crippen LogP contribution in [0.2, 0.25) is 5.15 Å². The average Bonchev–Trinajstić information content (AvgIpc) is 2.38. The second kappa shape index (κ2) is 5.45. The quantitative estimate of drug-likeness (QED) is 0.614. The van der Waals surface area contributed by atoms with Crippen LogP contribution in [0.5, 0.6) is 0 Å². The molecule has 0 amide bonds. The number of rotatable bonds is 3. The lowest BCUT2D eigenvalue weighted by molar-refractivity contribution is 0.112. The molecular formula is C12H16ClN3O. The largest absolute Gasteiger partial charge is 0.356 e. The number of carbonyl (C=O) groups is 1. The third-order valence-corrected chi connectivity index (χ3v) is 3.69. The number of nitrogens with zero attached hydrogens (tertiary/aromatic N) is 3. The number of halogens is 1. The Labute approximate surface area is 106 Å². The summed E-state index contributed by atoms with van der Waals surface area (Å²) in [4.78, 5) is 21.1.